The van der Waals surface area contributed by atoms with Gasteiger partial charge in [0.1, 0.15) is 0 Å². The van der Waals surface area contributed by atoms with Gasteiger partial charge in [0, 0.05) is 30.1 Å². The highest BCUT2D eigenvalue weighted by Crippen LogP contribution is 2.27. The molecule has 182 valence electrons. The van der Waals surface area contributed by atoms with Crippen molar-refractivity contribution in [3.63, 3.8) is 0 Å². The zero-order valence-electron chi connectivity index (χ0n) is 19.9. The summed E-state index contributed by atoms with van der Waals surface area (Å²) in [4.78, 5) is 15.9. The molecule has 0 aliphatic carbocycles. The van der Waals surface area contributed by atoms with Crippen LogP contribution in [0.25, 0.3) is 33.4 Å². The zero-order chi connectivity index (χ0) is 25.1. The van der Waals surface area contributed by atoms with Crippen molar-refractivity contribution in [1.82, 2.24) is 29.6 Å². The van der Waals surface area contributed by atoms with Gasteiger partial charge in [-0.05, 0) is 50.0 Å². The second-order valence-electron chi connectivity index (χ2n) is 8.63. The van der Waals surface area contributed by atoms with Crippen molar-refractivity contribution in [2.24, 2.45) is 0 Å². The molecule has 5 rings (SSSR count). The molecule has 2 aromatic carbocycles. The molecular weight excluding hydrogens is 474 g/mol. The highest BCUT2D eigenvalue weighted by Gasteiger charge is 2.14. The molecule has 1 N–H and O–H groups in total. The first kappa shape index (κ1) is 23.6. The molecule has 5 aromatic rings. The fraction of sp³-hybridized carbons (Fsp3) is 0.154. The summed E-state index contributed by atoms with van der Waals surface area (Å²) in [5.41, 5.74) is 5.10. The van der Waals surface area contributed by atoms with E-state index in [0.29, 0.717) is 5.69 Å². The van der Waals surface area contributed by atoms with Gasteiger partial charge < -0.3 is 4.90 Å². The maximum atomic E-state index is 12.7. The smallest absolute Gasteiger partial charge is 0.261 e. The Balaban J connectivity index is 1.42. The van der Waals surface area contributed by atoms with Crippen molar-refractivity contribution < 1.29 is 8.42 Å². The summed E-state index contributed by atoms with van der Waals surface area (Å²) in [6, 6.07) is 15.7. The van der Waals surface area contributed by atoms with Crippen LogP contribution < -0.4 is 4.72 Å². The average Bonchev–Trinajstić information content (AvgIpc) is 3.36. The number of likely N-dealkylation sites (N-methyl/N-ethyl adjacent to an activating group) is 1. The lowest BCUT2D eigenvalue weighted by molar-refractivity contribution is 0.373. The number of hydrogen-bond acceptors (Lipinski definition) is 7. The number of aromatic nitrogens is 5. The van der Waals surface area contributed by atoms with Crippen LogP contribution in [0.3, 0.4) is 0 Å². The molecule has 0 bridgehead atoms. The normalized spacial score (nSPS) is 11.8. The zero-order valence-corrected chi connectivity index (χ0v) is 20.7. The van der Waals surface area contributed by atoms with Crippen molar-refractivity contribution >= 4 is 26.7 Å². The SMILES string of the molecule is CN(C)CCn1cc(-c2cnc3ccc(-c4cncc(NS(=O)(=O)c5ccccc5)c4)cc3n2)cn1. The summed E-state index contributed by atoms with van der Waals surface area (Å²) >= 11 is 0. The third-order valence-electron chi connectivity index (χ3n) is 5.62. The van der Waals surface area contributed by atoms with E-state index in [4.69, 9.17) is 4.98 Å². The standard InChI is InChI=1S/C26H25N7O2S/c1-32(2)10-11-33-18-21(15-29-33)26-17-28-24-9-8-19(13-25(24)30-26)20-12-22(16-27-14-20)31-36(34,35)23-6-4-3-5-7-23/h3-9,12-18,31H,10-11H2,1-2H3. The number of pyridine rings is 1. The van der Waals surface area contributed by atoms with E-state index in [2.05, 4.69) is 24.7 Å². The van der Waals surface area contributed by atoms with E-state index in [0.717, 1.165) is 46.5 Å². The number of nitrogens with one attached hydrogen (secondary N) is 1. The first-order valence-corrected chi connectivity index (χ1v) is 12.8. The number of rotatable bonds is 8. The van der Waals surface area contributed by atoms with E-state index in [-0.39, 0.29) is 4.90 Å². The van der Waals surface area contributed by atoms with E-state index < -0.39 is 10.0 Å². The minimum atomic E-state index is -3.71. The topological polar surface area (TPSA) is 106 Å². The molecule has 0 unspecified atom stereocenters. The largest absolute Gasteiger partial charge is 0.308 e. The van der Waals surface area contributed by atoms with E-state index in [1.807, 2.05) is 43.2 Å². The second-order valence-corrected chi connectivity index (χ2v) is 10.3. The predicted molar refractivity (Wildman–Crippen MR) is 140 cm³/mol. The Labute approximate surface area is 209 Å². The lowest BCUT2D eigenvalue weighted by Crippen LogP contribution is -2.18. The average molecular weight is 500 g/mol. The van der Waals surface area contributed by atoms with Gasteiger partial charge in [-0.3, -0.25) is 19.4 Å². The summed E-state index contributed by atoms with van der Waals surface area (Å²) < 4.78 is 29.9. The Kier molecular flexibility index (Phi) is 6.45. The van der Waals surface area contributed by atoms with Gasteiger partial charge in [-0.15, -0.1) is 0 Å². The number of sulfonamides is 1. The molecule has 0 radical (unpaired) electrons. The van der Waals surface area contributed by atoms with Crippen molar-refractivity contribution in [3.05, 3.63) is 85.6 Å². The molecule has 3 aromatic heterocycles. The summed E-state index contributed by atoms with van der Waals surface area (Å²) in [7, 11) is 0.343. The Morgan fingerprint density at radius 1 is 0.889 bits per heavy atom. The molecule has 0 saturated heterocycles. The van der Waals surface area contributed by atoms with Gasteiger partial charge >= 0.3 is 0 Å². The highest BCUT2D eigenvalue weighted by atomic mass is 32.2. The second kappa shape index (κ2) is 9.84. The van der Waals surface area contributed by atoms with Crippen molar-refractivity contribution in [3.8, 4) is 22.4 Å². The van der Waals surface area contributed by atoms with Crippen LogP contribution in [-0.2, 0) is 16.6 Å². The Hall–Kier alpha value is -4.15. The monoisotopic (exact) mass is 499 g/mol. The molecule has 36 heavy (non-hydrogen) atoms. The Morgan fingerprint density at radius 2 is 1.72 bits per heavy atom. The van der Waals surface area contributed by atoms with Gasteiger partial charge in [0.15, 0.2) is 0 Å². The molecule has 0 spiro atoms. The van der Waals surface area contributed by atoms with E-state index in [1.165, 1.54) is 6.20 Å². The third kappa shape index (κ3) is 5.24. The highest BCUT2D eigenvalue weighted by molar-refractivity contribution is 7.92. The quantitative estimate of drug-likeness (QED) is 0.345. The molecule has 10 heteroatoms. The first-order valence-electron chi connectivity index (χ1n) is 11.3. The fourth-order valence-corrected chi connectivity index (χ4v) is 4.77. The van der Waals surface area contributed by atoms with Crippen LogP contribution in [0.4, 0.5) is 5.69 Å². The van der Waals surface area contributed by atoms with Gasteiger partial charge in [0.25, 0.3) is 10.0 Å². The van der Waals surface area contributed by atoms with Crippen LogP contribution in [0.5, 0.6) is 0 Å². The van der Waals surface area contributed by atoms with E-state index in [1.54, 1.807) is 55.0 Å². The molecular formula is C26H25N7O2S. The summed E-state index contributed by atoms with van der Waals surface area (Å²) in [6.07, 6.45) is 8.68. The van der Waals surface area contributed by atoms with Crippen molar-refractivity contribution in [2.45, 2.75) is 11.4 Å². The Bertz CT molecular complexity index is 1620. The molecule has 0 saturated carbocycles. The number of benzene rings is 2. The molecule has 0 amide bonds. The maximum absolute atomic E-state index is 12.7. The van der Waals surface area contributed by atoms with Gasteiger partial charge in [-0.2, -0.15) is 5.10 Å². The molecule has 0 aliphatic heterocycles. The number of fused-ring (bicyclic) bond motifs is 1. The van der Waals surface area contributed by atoms with Crippen molar-refractivity contribution in [2.75, 3.05) is 25.4 Å². The number of anilines is 1. The fourth-order valence-electron chi connectivity index (χ4n) is 3.72. The van der Waals surface area contributed by atoms with Gasteiger partial charge in [-0.1, -0.05) is 24.3 Å². The van der Waals surface area contributed by atoms with Crippen LogP contribution in [0.1, 0.15) is 0 Å². The lowest BCUT2D eigenvalue weighted by Gasteiger charge is -2.10. The Morgan fingerprint density at radius 3 is 2.53 bits per heavy atom. The van der Waals surface area contributed by atoms with Crippen LogP contribution in [0.2, 0.25) is 0 Å². The maximum Gasteiger partial charge on any atom is 0.261 e. The molecule has 0 fully saturated rings. The summed E-state index contributed by atoms with van der Waals surface area (Å²) in [5, 5.41) is 4.43. The van der Waals surface area contributed by atoms with E-state index in [9.17, 15) is 8.42 Å². The van der Waals surface area contributed by atoms with Gasteiger partial charge in [0.2, 0.25) is 0 Å². The number of nitrogens with zero attached hydrogens (tertiary/aromatic N) is 6. The van der Waals surface area contributed by atoms with Gasteiger partial charge in [0.05, 0.1) is 52.4 Å². The summed E-state index contributed by atoms with van der Waals surface area (Å²) in [5.74, 6) is 0. The third-order valence-corrected chi connectivity index (χ3v) is 7.02. The first-order chi connectivity index (χ1) is 17.4. The lowest BCUT2D eigenvalue weighted by atomic mass is 10.1. The van der Waals surface area contributed by atoms with Gasteiger partial charge in [-0.25, -0.2) is 13.4 Å². The summed E-state index contributed by atoms with van der Waals surface area (Å²) in [6.45, 7) is 1.68. The van der Waals surface area contributed by atoms with Crippen LogP contribution >= 0.6 is 0 Å². The van der Waals surface area contributed by atoms with E-state index >= 15 is 0 Å². The minimum Gasteiger partial charge on any atom is -0.308 e. The van der Waals surface area contributed by atoms with Crippen LogP contribution in [-0.4, -0.2) is 58.7 Å². The molecule has 3 heterocycles. The van der Waals surface area contributed by atoms with Crippen LogP contribution in [0.15, 0.2) is 90.5 Å². The molecule has 0 aliphatic rings. The predicted octanol–water partition coefficient (Wildman–Crippen LogP) is 3.92. The van der Waals surface area contributed by atoms with Crippen LogP contribution in [0, 0.1) is 0 Å². The van der Waals surface area contributed by atoms with Crippen molar-refractivity contribution in [1.29, 1.82) is 0 Å². The molecule has 0 atom stereocenters. The molecule has 9 nitrogen and oxygen atoms in total. The minimum absolute atomic E-state index is 0.189. The number of hydrogen-bond donors (Lipinski definition) is 1.